The number of carbonyl (C=O) groups is 2. The highest BCUT2D eigenvalue weighted by Crippen LogP contribution is 2.40. The molecule has 0 N–H and O–H groups in total. The Kier molecular flexibility index (Phi) is 15.3. The lowest BCUT2D eigenvalue weighted by molar-refractivity contribution is -0.481. The second kappa shape index (κ2) is 16.8. The molecule has 2 rings (SSSR count). The van der Waals surface area contributed by atoms with Crippen LogP contribution in [0.15, 0.2) is 12.3 Å². The van der Waals surface area contributed by atoms with Crippen LogP contribution in [0.1, 0.15) is 102 Å². The summed E-state index contributed by atoms with van der Waals surface area (Å²) < 4.78 is 23.7. The number of nitrogens with zero attached hydrogens (tertiary/aromatic N) is 4. The normalized spacial score (nSPS) is 22.3. The molecule has 0 aromatic carbocycles. The molecule has 0 aromatic heterocycles. The Morgan fingerprint density at radius 1 is 0.720 bits per heavy atom. The summed E-state index contributed by atoms with van der Waals surface area (Å²) in [5.74, 6) is 0. The van der Waals surface area contributed by atoms with E-state index in [0.29, 0.717) is 32.4 Å². The van der Waals surface area contributed by atoms with Crippen LogP contribution in [-0.2, 0) is 18.3 Å². The van der Waals surface area contributed by atoms with Crippen molar-refractivity contribution in [3.05, 3.63) is 32.5 Å². The van der Waals surface area contributed by atoms with E-state index in [1.807, 2.05) is 20.8 Å². The molecule has 0 spiro atoms. The minimum atomic E-state index is -1.99. The van der Waals surface area contributed by atoms with Gasteiger partial charge in [-0.25, -0.2) is 9.59 Å². The Bertz CT molecular complexity index is 1220. The minimum Gasteiger partial charge on any atom is -0.444 e. The molecule has 0 radical (unpaired) electrons. The molecule has 0 aromatic rings. The SMILES string of the molecule is CC(C)(C)OC(=O)N1C[C@H](O[Si](C)(C)C(C)(C)C)C[C@H]1/C=C/[N+](=O)[O-].CC(C)(C)OC(=O)N1C[C@H](O[Si](C)(C)C(C)(C)C)C[C@H]1CC[N+](=O)[O-]. The molecule has 14 nitrogen and oxygen atoms in total. The number of nitro groups is 2. The van der Waals surface area contributed by atoms with Crippen molar-refractivity contribution >= 4 is 28.8 Å². The third-order valence-corrected chi connectivity index (χ3v) is 18.6. The van der Waals surface area contributed by atoms with Crippen LogP contribution in [0.25, 0.3) is 0 Å². The third kappa shape index (κ3) is 15.0. The Labute approximate surface area is 302 Å². The number of ether oxygens (including phenoxy) is 2. The lowest BCUT2D eigenvalue weighted by Crippen LogP contribution is -2.45. The summed E-state index contributed by atoms with van der Waals surface area (Å²) in [6.07, 6.45) is 2.70. The van der Waals surface area contributed by atoms with Gasteiger partial charge in [-0.15, -0.1) is 0 Å². The van der Waals surface area contributed by atoms with E-state index in [1.54, 1.807) is 25.7 Å². The van der Waals surface area contributed by atoms with Crippen LogP contribution in [0.5, 0.6) is 0 Å². The Morgan fingerprint density at radius 2 is 1.12 bits per heavy atom. The van der Waals surface area contributed by atoms with Gasteiger partial charge in [-0.3, -0.25) is 25.1 Å². The lowest BCUT2D eigenvalue weighted by atomic mass is 10.1. The van der Waals surface area contributed by atoms with E-state index in [4.69, 9.17) is 18.3 Å². The average molecular weight is 747 g/mol. The molecule has 16 heteroatoms. The molecule has 2 amide bonds. The fraction of sp³-hybridized carbons (Fsp3) is 0.882. The zero-order valence-corrected chi connectivity index (χ0v) is 35.6. The summed E-state index contributed by atoms with van der Waals surface area (Å²) in [7, 11) is -3.96. The van der Waals surface area contributed by atoms with E-state index in [2.05, 4.69) is 67.7 Å². The quantitative estimate of drug-likeness (QED) is 0.128. The lowest BCUT2D eigenvalue weighted by Gasteiger charge is -2.38. The van der Waals surface area contributed by atoms with Gasteiger partial charge in [-0.1, -0.05) is 41.5 Å². The summed E-state index contributed by atoms with van der Waals surface area (Å²) in [6.45, 7) is 33.2. The fourth-order valence-corrected chi connectivity index (χ4v) is 7.73. The minimum absolute atomic E-state index is 0.0541. The molecule has 50 heavy (non-hydrogen) atoms. The number of hydrogen-bond acceptors (Lipinski definition) is 10. The Balaban J connectivity index is 0.000000500. The maximum Gasteiger partial charge on any atom is 0.410 e. The van der Waals surface area contributed by atoms with Gasteiger partial charge in [0.15, 0.2) is 16.6 Å². The zero-order valence-electron chi connectivity index (χ0n) is 33.6. The summed E-state index contributed by atoms with van der Waals surface area (Å²) in [6, 6.07) is -0.606. The molecule has 2 aliphatic rings. The van der Waals surface area contributed by atoms with E-state index in [1.165, 1.54) is 11.0 Å². The topological polar surface area (TPSA) is 164 Å². The predicted molar refractivity (Wildman–Crippen MR) is 199 cm³/mol. The molecule has 4 atom stereocenters. The maximum atomic E-state index is 12.5. The maximum absolute atomic E-state index is 12.5. The van der Waals surface area contributed by atoms with Crippen molar-refractivity contribution < 1.29 is 37.8 Å². The van der Waals surface area contributed by atoms with E-state index < -0.39 is 51.0 Å². The first-order chi connectivity index (χ1) is 22.2. The van der Waals surface area contributed by atoms with Gasteiger partial charge in [0, 0.05) is 36.6 Å². The second-order valence-corrected chi connectivity index (χ2v) is 27.9. The predicted octanol–water partition coefficient (Wildman–Crippen LogP) is 8.23. The van der Waals surface area contributed by atoms with Crippen molar-refractivity contribution in [1.29, 1.82) is 0 Å². The van der Waals surface area contributed by atoms with Crippen LogP contribution in [0.2, 0.25) is 36.3 Å². The fourth-order valence-electron chi connectivity index (χ4n) is 5.01. The van der Waals surface area contributed by atoms with Crippen molar-refractivity contribution in [3.8, 4) is 0 Å². The Hall–Kier alpha value is -2.57. The second-order valence-electron chi connectivity index (χ2n) is 18.4. The van der Waals surface area contributed by atoms with Gasteiger partial charge in [0.25, 0.3) is 0 Å². The summed E-state index contributed by atoms with van der Waals surface area (Å²) in [5.41, 5.74) is -1.21. The molecule has 0 bridgehead atoms. The highest BCUT2D eigenvalue weighted by molar-refractivity contribution is 6.74. The van der Waals surface area contributed by atoms with Gasteiger partial charge in [0.05, 0.1) is 23.2 Å². The molecular formula is C34H66N4O10Si2. The molecule has 2 heterocycles. The van der Waals surface area contributed by atoms with E-state index in [0.717, 1.165) is 6.20 Å². The molecule has 2 saturated heterocycles. The summed E-state index contributed by atoms with van der Waals surface area (Å²) >= 11 is 0. The van der Waals surface area contributed by atoms with Crippen LogP contribution < -0.4 is 0 Å². The first-order valence-electron chi connectivity index (χ1n) is 17.5. The van der Waals surface area contributed by atoms with Crippen LogP contribution in [0, 0.1) is 20.2 Å². The van der Waals surface area contributed by atoms with Crippen molar-refractivity contribution in [3.63, 3.8) is 0 Å². The van der Waals surface area contributed by atoms with Crippen molar-refractivity contribution in [2.75, 3.05) is 19.6 Å². The van der Waals surface area contributed by atoms with Crippen molar-refractivity contribution in [2.45, 2.75) is 174 Å². The first-order valence-corrected chi connectivity index (χ1v) is 23.3. The number of rotatable bonds is 9. The van der Waals surface area contributed by atoms with Gasteiger partial charge in [-0.05, 0) is 90.6 Å². The standard InChI is InChI=1S/C17H34N2O5Si.C17H32N2O5Si/c2*1-16(2,3)23-15(20)18-12-14(11-13(18)9-10-19(21)22)24-25(7,8)17(4,5)6/h13-14H,9-12H2,1-8H3;9-10,13-14H,11-12H2,1-8H3/b;10-9+/t2*13-,14-/m11/s1. The number of amides is 2. The van der Waals surface area contributed by atoms with Crippen LogP contribution in [0.4, 0.5) is 9.59 Å². The largest absolute Gasteiger partial charge is 0.444 e. The van der Waals surface area contributed by atoms with Gasteiger partial charge >= 0.3 is 12.2 Å². The van der Waals surface area contributed by atoms with Gasteiger partial charge in [0.1, 0.15) is 11.2 Å². The molecule has 0 unspecified atom stereocenters. The van der Waals surface area contributed by atoms with Crippen LogP contribution in [0.3, 0.4) is 0 Å². The molecule has 290 valence electrons. The van der Waals surface area contributed by atoms with Crippen molar-refractivity contribution in [1.82, 2.24) is 9.80 Å². The number of likely N-dealkylation sites (tertiary alicyclic amines) is 2. The number of carbonyl (C=O) groups excluding carboxylic acids is 2. The molecule has 2 aliphatic heterocycles. The van der Waals surface area contributed by atoms with Gasteiger partial charge in [0.2, 0.25) is 12.7 Å². The average Bonchev–Trinajstić information content (AvgIpc) is 3.46. The monoisotopic (exact) mass is 746 g/mol. The van der Waals surface area contributed by atoms with Gasteiger partial charge < -0.3 is 23.2 Å². The summed E-state index contributed by atoms with van der Waals surface area (Å²) in [4.78, 5) is 48.7. The highest BCUT2D eigenvalue weighted by atomic mass is 28.4. The highest BCUT2D eigenvalue weighted by Gasteiger charge is 2.46. The van der Waals surface area contributed by atoms with E-state index in [9.17, 15) is 29.8 Å². The van der Waals surface area contributed by atoms with Crippen LogP contribution in [-0.4, -0.2) is 104 Å². The van der Waals surface area contributed by atoms with Gasteiger partial charge in [-0.2, -0.15) is 0 Å². The van der Waals surface area contributed by atoms with Crippen LogP contribution >= 0.6 is 0 Å². The first kappa shape index (κ1) is 45.5. The van der Waals surface area contributed by atoms with E-state index in [-0.39, 0.29) is 39.8 Å². The van der Waals surface area contributed by atoms with Crippen molar-refractivity contribution in [2.24, 2.45) is 0 Å². The third-order valence-electron chi connectivity index (χ3n) is 9.55. The molecule has 2 fully saturated rings. The van der Waals surface area contributed by atoms with E-state index >= 15 is 0 Å². The molecule has 0 aliphatic carbocycles. The number of hydrogen-bond donors (Lipinski definition) is 0. The molecular weight excluding hydrogens is 681 g/mol. The smallest absolute Gasteiger partial charge is 0.410 e. The molecule has 0 saturated carbocycles. The summed E-state index contributed by atoms with van der Waals surface area (Å²) in [5, 5.41) is 21.5. The zero-order chi connectivity index (χ0) is 39.3. The Morgan fingerprint density at radius 3 is 1.50 bits per heavy atom.